The van der Waals surface area contributed by atoms with Crippen molar-refractivity contribution in [3.05, 3.63) is 12.7 Å². The highest BCUT2D eigenvalue weighted by molar-refractivity contribution is 5.92. The van der Waals surface area contributed by atoms with Crippen molar-refractivity contribution in [2.45, 2.75) is 6.54 Å². The molecule has 0 radical (unpaired) electrons. The first-order chi connectivity index (χ1) is 6.11. The van der Waals surface area contributed by atoms with Crippen LogP contribution in [0.4, 0.5) is 0 Å². The molecule has 0 atom stereocenters. The first kappa shape index (κ1) is 9.17. The van der Waals surface area contributed by atoms with Crippen LogP contribution in [0.2, 0.25) is 0 Å². The molecule has 13 heavy (non-hydrogen) atoms. The Balaban J connectivity index is 2.69. The summed E-state index contributed by atoms with van der Waals surface area (Å²) in [6.45, 7) is -0.218. The maximum atomic E-state index is 10.4. The minimum Gasteiger partial charge on any atom is -0.481 e. The highest BCUT2D eigenvalue weighted by atomic mass is 16.4. The van der Waals surface area contributed by atoms with Crippen LogP contribution < -0.4 is 0 Å². The maximum Gasteiger partial charge on any atom is 0.319 e. The monoisotopic (exact) mass is 185 g/mol. The number of nitrogens with zero attached hydrogens (tertiary/aromatic N) is 3. The second kappa shape index (κ2) is 3.65. The van der Waals surface area contributed by atoms with Crippen LogP contribution in [0.25, 0.3) is 0 Å². The number of hydrogen-bond donors (Lipinski definition) is 2. The van der Waals surface area contributed by atoms with Gasteiger partial charge in [0.1, 0.15) is 12.7 Å². The van der Waals surface area contributed by atoms with Gasteiger partial charge in [-0.2, -0.15) is 5.10 Å². The summed E-state index contributed by atoms with van der Waals surface area (Å²) in [5, 5.41) is 20.6. The van der Waals surface area contributed by atoms with Crippen LogP contribution in [-0.4, -0.2) is 36.9 Å². The van der Waals surface area contributed by atoms with Crippen LogP contribution in [0, 0.1) is 5.92 Å². The van der Waals surface area contributed by atoms with E-state index < -0.39 is 17.9 Å². The summed E-state index contributed by atoms with van der Waals surface area (Å²) in [6.07, 6.45) is 2.47. The first-order valence-corrected chi connectivity index (χ1v) is 3.39. The Morgan fingerprint density at radius 3 is 2.38 bits per heavy atom. The average molecular weight is 185 g/mol. The van der Waals surface area contributed by atoms with Crippen molar-refractivity contribution in [2.75, 3.05) is 0 Å². The number of aliphatic carboxylic acids is 2. The van der Waals surface area contributed by atoms with Gasteiger partial charge < -0.3 is 10.2 Å². The Hall–Kier alpha value is -1.92. The lowest BCUT2D eigenvalue weighted by Gasteiger charge is -2.05. The molecule has 0 spiro atoms. The van der Waals surface area contributed by atoms with E-state index in [1.165, 1.54) is 12.7 Å². The van der Waals surface area contributed by atoms with E-state index in [0.29, 0.717) is 0 Å². The molecule has 0 aliphatic rings. The topological polar surface area (TPSA) is 105 Å². The van der Waals surface area contributed by atoms with Gasteiger partial charge in [0.25, 0.3) is 0 Å². The van der Waals surface area contributed by atoms with Crippen molar-refractivity contribution in [2.24, 2.45) is 5.92 Å². The van der Waals surface area contributed by atoms with E-state index in [4.69, 9.17) is 10.2 Å². The third-order valence-electron chi connectivity index (χ3n) is 1.43. The Morgan fingerprint density at radius 2 is 2.00 bits per heavy atom. The molecule has 0 amide bonds. The van der Waals surface area contributed by atoms with Crippen LogP contribution in [0.3, 0.4) is 0 Å². The van der Waals surface area contributed by atoms with Gasteiger partial charge in [-0.15, -0.1) is 0 Å². The largest absolute Gasteiger partial charge is 0.481 e. The molecular weight excluding hydrogens is 178 g/mol. The molecule has 1 aromatic rings. The van der Waals surface area contributed by atoms with Crippen molar-refractivity contribution in [1.29, 1.82) is 0 Å². The van der Waals surface area contributed by atoms with E-state index in [0.717, 1.165) is 4.68 Å². The van der Waals surface area contributed by atoms with E-state index in [1.807, 2.05) is 0 Å². The molecule has 70 valence electrons. The number of aromatic nitrogens is 3. The first-order valence-electron chi connectivity index (χ1n) is 3.39. The summed E-state index contributed by atoms with van der Waals surface area (Å²) >= 11 is 0. The van der Waals surface area contributed by atoms with Gasteiger partial charge in [-0.25, -0.2) is 4.98 Å². The van der Waals surface area contributed by atoms with E-state index in [2.05, 4.69) is 10.1 Å². The summed E-state index contributed by atoms with van der Waals surface area (Å²) in [7, 11) is 0. The van der Waals surface area contributed by atoms with E-state index in [-0.39, 0.29) is 6.54 Å². The van der Waals surface area contributed by atoms with Crippen molar-refractivity contribution in [3.63, 3.8) is 0 Å². The third kappa shape index (κ3) is 2.26. The lowest BCUT2D eigenvalue weighted by atomic mass is 10.1. The van der Waals surface area contributed by atoms with Gasteiger partial charge in [-0.1, -0.05) is 0 Å². The molecule has 0 fully saturated rings. The molecule has 1 aromatic heterocycles. The molecule has 0 unspecified atom stereocenters. The van der Waals surface area contributed by atoms with Gasteiger partial charge >= 0.3 is 11.9 Å². The Morgan fingerprint density at radius 1 is 1.38 bits per heavy atom. The second-order valence-corrected chi connectivity index (χ2v) is 2.35. The van der Waals surface area contributed by atoms with E-state index in [1.54, 1.807) is 0 Å². The summed E-state index contributed by atoms with van der Waals surface area (Å²) in [6, 6.07) is 0. The molecule has 7 heteroatoms. The number of carboxylic acid groups (broad SMARTS) is 2. The smallest absolute Gasteiger partial charge is 0.319 e. The maximum absolute atomic E-state index is 10.4. The van der Waals surface area contributed by atoms with Crippen LogP contribution in [-0.2, 0) is 16.1 Å². The highest BCUT2D eigenvalue weighted by Crippen LogP contribution is 2.00. The number of rotatable bonds is 4. The lowest BCUT2D eigenvalue weighted by Crippen LogP contribution is -2.28. The molecule has 1 rings (SSSR count). The standard InChI is InChI=1S/C6H7N3O4/c10-5(11)4(6(12)13)1-9-3-7-2-8-9/h2-4H,1H2,(H,10,11)(H,12,13). The van der Waals surface area contributed by atoms with Crippen molar-refractivity contribution in [3.8, 4) is 0 Å². The minimum absolute atomic E-state index is 0.218. The van der Waals surface area contributed by atoms with Gasteiger partial charge in [0.15, 0.2) is 5.92 Å². The van der Waals surface area contributed by atoms with Gasteiger partial charge in [-0.3, -0.25) is 14.3 Å². The second-order valence-electron chi connectivity index (χ2n) is 2.35. The van der Waals surface area contributed by atoms with Gasteiger partial charge in [0.05, 0.1) is 6.54 Å². The molecule has 7 nitrogen and oxygen atoms in total. The fourth-order valence-corrected chi connectivity index (χ4v) is 0.776. The number of hydrogen-bond acceptors (Lipinski definition) is 4. The molecule has 0 bridgehead atoms. The lowest BCUT2D eigenvalue weighted by molar-refractivity contribution is -0.155. The van der Waals surface area contributed by atoms with E-state index >= 15 is 0 Å². The SMILES string of the molecule is O=C(O)C(Cn1cncn1)C(=O)O. The molecule has 0 aliphatic carbocycles. The van der Waals surface area contributed by atoms with Crippen LogP contribution in [0.15, 0.2) is 12.7 Å². The zero-order chi connectivity index (χ0) is 9.84. The quantitative estimate of drug-likeness (QED) is 0.586. The average Bonchev–Trinajstić information content (AvgIpc) is 2.50. The zero-order valence-corrected chi connectivity index (χ0v) is 6.49. The van der Waals surface area contributed by atoms with Crippen LogP contribution in [0.5, 0.6) is 0 Å². The zero-order valence-electron chi connectivity index (χ0n) is 6.49. The van der Waals surface area contributed by atoms with Crippen molar-refractivity contribution in [1.82, 2.24) is 14.8 Å². The highest BCUT2D eigenvalue weighted by Gasteiger charge is 2.26. The Kier molecular flexibility index (Phi) is 2.58. The predicted molar refractivity (Wildman–Crippen MR) is 38.8 cm³/mol. The summed E-state index contributed by atoms with van der Waals surface area (Å²) in [5.41, 5.74) is 0. The summed E-state index contributed by atoms with van der Waals surface area (Å²) in [5.74, 6) is -4.26. The summed E-state index contributed by atoms with van der Waals surface area (Å²) in [4.78, 5) is 24.4. The Labute approximate surface area is 72.6 Å². The molecule has 0 saturated carbocycles. The van der Waals surface area contributed by atoms with Crippen LogP contribution >= 0.6 is 0 Å². The summed E-state index contributed by atoms with van der Waals surface area (Å²) < 4.78 is 1.16. The van der Waals surface area contributed by atoms with Gasteiger partial charge in [0, 0.05) is 0 Å². The molecule has 0 aliphatic heterocycles. The van der Waals surface area contributed by atoms with E-state index in [9.17, 15) is 9.59 Å². The third-order valence-corrected chi connectivity index (χ3v) is 1.43. The fraction of sp³-hybridized carbons (Fsp3) is 0.333. The molecule has 2 N–H and O–H groups in total. The van der Waals surface area contributed by atoms with Gasteiger partial charge in [-0.05, 0) is 0 Å². The number of carbonyl (C=O) groups is 2. The predicted octanol–water partition coefficient (Wildman–Crippen LogP) is -0.936. The van der Waals surface area contributed by atoms with Crippen LogP contribution in [0.1, 0.15) is 0 Å². The molecule has 0 aromatic carbocycles. The molecular formula is C6H7N3O4. The number of carboxylic acids is 2. The van der Waals surface area contributed by atoms with Crippen molar-refractivity contribution >= 4 is 11.9 Å². The molecule has 1 heterocycles. The van der Waals surface area contributed by atoms with Crippen molar-refractivity contribution < 1.29 is 19.8 Å². The fourth-order valence-electron chi connectivity index (χ4n) is 0.776. The van der Waals surface area contributed by atoms with Gasteiger partial charge in [0.2, 0.25) is 0 Å². The molecule has 0 saturated heterocycles. The minimum atomic E-state index is -1.48. The Bertz CT molecular complexity index is 294. The normalized spacial score (nSPS) is 10.2.